The molecule has 0 aliphatic heterocycles. The molecule has 1 saturated carbocycles. The normalized spacial score (nSPS) is 14.9. The van der Waals surface area contributed by atoms with Crippen LogP contribution in [0.15, 0.2) is 71.2 Å². The van der Waals surface area contributed by atoms with Gasteiger partial charge in [0, 0.05) is 22.8 Å². The minimum absolute atomic E-state index is 0.0279. The zero-order chi connectivity index (χ0) is 29.6. The zero-order valence-electron chi connectivity index (χ0n) is 24.4. The van der Waals surface area contributed by atoms with Crippen molar-refractivity contribution in [3.63, 3.8) is 0 Å². The molecule has 0 radical (unpaired) electrons. The van der Waals surface area contributed by atoms with Crippen molar-refractivity contribution in [1.29, 1.82) is 0 Å². The van der Waals surface area contributed by atoms with Gasteiger partial charge in [-0.2, -0.15) is 0 Å². The summed E-state index contributed by atoms with van der Waals surface area (Å²) >= 11 is 0. The molecule has 1 aliphatic carbocycles. The van der Waals surface area contributed by atoms with E-state index in [0.29, 0.717) is 22.4 Å². The molecule has 1 aliphatic rings. The third kappa shape index (κ3) is 6.56. The SMILES string of the molecule is COC(=O)c1cc2oc3ccc(/C=C/C(=O)OCc4ccccc4)cc3c2cc1NC(C(=O)C1CCCCC1)C(C)C. The van der Waals surface area contributed by atoms with Crippen LogP contribution < -0.4 is 5.32 Å². The fourth-order valence-electron chi connectivity index (χ4n) is 5.66. The van der Waals surface area contributed by atoms with Crippen molar-refractivity contribution in [3.05, 3.63) is 83.4 Å². The second-order valence-electron chi connectivity index (χ2n) is 11.3. The molecule has 1 N–H and O–H groups in total. The molecule has 1 fully saturated rings. The molecule has 7 nitrogen and oxygen atoms in total. The summed E-state index contributed by atoms with van der Waals surface area (Å²) in [5.74, 6) is -0.686. The Labute approximate surface area is 245 Å². The predicted molar refractivity (Wildman–Crippen MR) is 164 cm³/mol. The Morgan fingerprint density at radius 1 is 0.952 bits per heavy atom. The molecule has 0 saturated heterocycles. The first kappa shape index (κ1) is 29.1. The molecule has 218 valence electrons. The second-order valence-corrected chi connectivity index (χ2v) is 11.3. The summed E-state index contributed by atoms with van der Waals surface area (Å²) in [4.78, 5) is 38.7. The molecule has 3 aromatic carbocycles. The van der Waals surface area contributed by atoms with Crippen molar-refractivity contribution >= 4 is 51.4 Å². The number of hydrogen-bond donors (Lipinski definition) is 1. The first-order valence-corrected chi connectivity index (χ1v) is 14.6. The topological polar surface area (TPSA) is 94.8 Å². The van der Waals surface area contributed by atoms with Crippen molar-refractivity contribution in [2.45, 2.75) is 58.6 Å². The van der Waals surface area contributed by atoms with Crippen LogP contribution >= 0.6 is 0 Å². The van der Waals surface area contributed by atoms with E-state index in [4.69, 9.17) is 13.9 Å². The van der Waals surface area contributed by atoms with Gasteiger partial charge in [-0.15, -0.1) is 0 Å². The lowest BCUT2D eigenvalue weighted by Gasteiger charge is -2.29. The van der Waals surface area contributed by atoms with Crippen molar-refractivity contribution in [1.82, 2.24) is 0 Å². The van der Waals surface area contributed by atoms with Gasteiger partial charge < -0.3 is 19.2 Å². The second kappa shape index (κ2) is 13.1. The third-order valence-corrected chi connectivity index (χ3v) is 7.97. The molecule has 4 aromatic rings. The van der Waals surface area contributed by atoms with Crippen molar-refractivity contribution in [2.24, 2.45) is 11.8 Å². The van der Waals surface area contributed by atoms with Crippen LogP contribution in [0.25, 0.3) is 28.0 Å². The van der Waals surface area contributed by atoms with E-state index >= 15 is 0 Å². The van der Waals surface area contributed by atoms with Gasteiger partial charge >= 0.3 is 11.9 Å². The van der Waals surface area contributed by atoms with Gasteiger partial charge in [-0.25, -0.2) is 9.59 Å². The maximum atomic E-state index is 13.6. The van der Waals surface area contributed by atoms with E-state index in [9.17, 15) is 14.4 Å². The fraction of sp³-hybridized carbons (Fsp3) is 0.343. The monoisotopic (exact) mass is 567 g/mol. The van der Waals surface area contributed by atoms with Gasteiger partial charge in [0.05, 0.1) is 24.4 Å². The standard InChI is InChI=1S/C35H37NO6/c1-22(2)33(34(38)25-12-8-5-9-13-25)36-29-19-27-26-18-23(15-17-32(37)41-21-24-10-6-4-7-11-24)14-16-30(26)42-31(27)20-28(29)35(39)40-3/h4,6-7,10-11,14-20,22,25,33,36H,5,8-9,12-13,21H2,1-3H3/b17-15+. The maximum absolute atomic E-state index is 13.6. The van der Waals surface area contributed by atoms with Crippen LogP contribution in [0.4, 0.5) is 5.69 Å². The molecule has 1 heterocycles. The van der Waals surface area contributed by atoms with E-state index in [-0.39, 0.29) is 24.2 Å². The molecule has 1 atom stereocenters. The van der Waals surface area contributed by atoms with E-state index in [0.717, 1.165) is 47.6 Å². The number of rotatable bonds is 10. The van der Waals surface area contributed by atoms with Crippen LogP contribution in [-0.4, -0.2) is 30.9 Å². The molecule has 1 aromatic heterocycles. The van der Waals surface area contributed by atoms with Crippen LogP contribution in [0.2, 0.25) is 0 Å². The predicted octanol–water partition coefficient (Wildman–Crippen LogP) is 7.72. The molecule has 42 heavy (non-hydrogen) atoms. The number of carbonyl (C=O) groups is 3. The summed E-state index contributed by atoms with van der Waals surface area (Å²) in [6.45, 7) is 4.24. The van der Waals surface area contributed by atoms with Crippen molar-refractivity contribution in [2.75, 3.05) is 12.4 Å². The number of anilines is 1. The summed E-state index contributed by atoms with van der Waals surface area (Å²) in [6.07, 6.45) is 8.24. The Morgan fingerprint density at radius 2 is 1.69 bits per heavy atom. The Bertz CT molecular complexity index is 1610. The summed E-state index contributed by atoms with van der Waals surface area (Å²) in [5, 5.41) is 5.03. The summed E-state index contributed by atoms with van der Waals surface area (Å²) in [5.41, 5.74) is 3.72. The number of hydrogen-bond acceptors (Lipinski definition) is 7. The Morgan fingerprint density at radius 3 is 2.40 bits per heavy atom. The summed E-state index contributed by atoms with van der Waals surface area (Å²) in [6, 6.07) is 18.2. The minimum Gasteiger partial charge on any atom is -0.465 e. The molecule has 5 rings (SSSR count). The van der Waals surface area contributed by atoms with Crippen LogP contribution in [0.5, 0.6) is 0 Å². The molecular formula is C35H37NO6. The number of Topliss-reactive ketones (excluding diaryl/α,β-unsaturated/α-hetero) is 1. The number of ether oxygens (including phenoxy) is 2. The Hall–Kier alpha value is -4.39. The highest BCUT2D eigenvalue weighted by atomic mass is 16.5. The summed E-state index contributed by atoms with van der Waals surface area (Å²) < 4.78 is 16.5. The van der Waals surface area contributed by atoms with Gasteiger partial charge in [0.1, 0.15) is 17.8 Å². The first-order valence-electron chi connectivity index (χ1n) is 14.6. The van der Waals surface area contributed by atoms with Gasteiger partial charge in [0.2, 0.25) is 0 Å². The molecular weight excluding hydrogens is 530 g/mol. The molecule has 7 heteroatoms. The van der Waals surface area contributed by atoms with E-state index in [1.165, 1.54) is 19.6 Å². The zero-order valence-corrected chi connectivity index (χ0v) is 24.4. The average Bonchev–Trinajstić information content (AvgIpc) is 3.38. The van der Waals surface area contributed by atoms with Gasteiger partial charge in [0.25, 0.3) is 0 Å². The van der Waals surface area contributed by atoms with E-state index in [2.05, 4.69) is 5.32 Å². The highest BCUT2D eigenvalue weighted by Crippen LogP contribution is 2.35. The number of benzene rings is 3. The number of fused-ring (bicyclic) bond motifs is 3. The number of carbonyl (C=O) groups excluding carboxylic acids is 3. The number of methoxy groups -OCH3 is 1. The van der Waals surface area contributed by atoms with Gasteiger partial charge in [0.15, 0.2) is 5.78 Å². The lowest BCUT2D eigenvalue weighted by Crippen LogP contribution is -2.39. The molecule has 1 unspecified atom stereocenters. The lowest BCUT2D eigenvalue weighted by molar-refractivity contribution is -0.138. The van der Waals surface area contributed by atoms with Crippen molar-refractivity contribution in [3.8, 4) is 0 Å². The number of nitrogens with one attached hydrogen (secondary N) is 1. The number of esters is 2. The number of furan rings is 1. The van der Waals surface area contributed by atoms with Crippen LogP contribution in [0, 0.1) is 11.8 Å². The molecule has 0 amide bonds. The smallest absolute Gasteiger partial charge is 0.340 e. The van der Waals surface area contributed by atoms with E-state index < -0.39 is 18.0 Å². The Balaban J connectivity index is 1.44. The van der Waals surface area contributed by atoms with Crippen molar-refractivity contribution < 1.29 is 28.3 Å². The first-order chi connectivity index (χ1) is 20.3. The molecule has 0 spiro atoms. The highest BCUT2D eigenvalue weighted by molar-refractivity contribution is 6.10. The average molecular weight is 568 g/mol. The summed E-state index contributed by atoms with van der Waals surface area (Å²) in [7, 11) is 1.34. The van der Waals surface area contributed by atoms with Gasteiger partial charge in [-0.3, -0.25) is 4.79 Å². The van der Waals surface area contributed by atoms with Gasteiger partial charge in [-0.1, -0.05) is 69.5 Å². The molecule has 0 bridgehead atoms. The quantitative estimate of drug-likeness (QED) is 0.155. The van der Waals surface area contributed by atoms with Crippen LogP contribution in [0.3, 0.4) is 0 Å². The fourth-order valence-corrected chi connectivity index (χ4v) is 5.66. The van der Waals surface area contributed by atoms with Gasteiger partial charge in [-0.05, 0) is 60.2 Å². The Kier molecular flexibility index (Phi) is 9.06. The largest absolute Gasteiger partial charge is 0.465 e. The highest BCUT2D eigenvalue weighted by Gasteiger charge is 2.31. The number of ketones is 1. The van der Waals surface area contributed by atoms with Crippen LogP contribution in [-0.2, 0) is 25.7 Å². The van der Waals surface area contributed by atoms with E-state index in [1.54, 1.807) is 12.1 Å². The van der Waals surface area contributed by atoms with Crippen LogP contribution in [0.1, 0.15) is 67.4 Å². The van der Waals surface area contributed by atoms with E-state index in [1.807, 2.05) is 68.4 Å². The maximum Gasteiger partial charge on any atom is 0.340 e. The third-order valence-electron chi connectivity index (χ3n) is 7.97. The lowest BCUT2D eigenvalue weighted by atomic mass is 9.81. The minimum atomic E-state index is -0.509.